The predicted molar refractivity (Wildman–Crippen MR) is 69.9 cm³/mol. The zero-order valence-electron chi connectivity index (χ0n) is 9.05. The molecule has 0 N–H and O–H groups in total. The fraction of sp³-hybridized carbons (Fsp3) is 0.0769. The van der Waals surface area contributed by atoms with Gasteiger partial charge in [0.25, 0.3) is 0 Å². The summed E-state index contributed by atoms with van der Waals surface area (Å²) in [5.41, 5.74) is 2.23. The second kappa shape index (κ2) is 4.30. The molecular weight excluding hydrogens is 278 g/mol. The van der Waals surface area contributed by atoms with Crippen LogP contribution < -0.4 is 0 Å². The van der Waals surface area contributed by atoms with Crippen molar-refractivity contribution in [1.82, 2.24) is 14.6 Å². The Labute approximate surface area is 107 Å². The van der Waals surface area contributed by atoms with Crippen LogP contribution in [-0.4, -0.2) is 14.6 Å². The molecule has 2 aromatic heterocycles. The van der Waals surface area contributed by atoms with Gasteiger partial charge in [0.05, 0.1) is 5.52 Å². The molecule has 1 aromatic carbocycles. The fourth-order valence-corrected chi connectivity index (χ4v) is 2.35. The molecule has 3 rings (SSSR count). The molecule has 3 aromatic rings. The summed E-state index contributed by atoms with van der Waals surface area (Å²) in [7, 11) is 0. The van der Waals surface area contributed by atoms with Gasteiger partial charge < -0.3 is 0 Å². The third-order valence-electron chi connectivity index (χ3n) is 2.64. The fourth-order valence-electron chi connectivity index (χ4n) is 1.84. The van der Waals surface area contributed by atoms with E-state index < -0.39 is 0 Å². The standard InChI is InChI=1S/C13H10BrN3/c14-13-11-7-4-8-15-17(11)12(16-13)9-10-5-2-1-3-6-10/h1-8H,9H2. The van der Waals surface area contributed by atoms with E-state index in [4.69, 9.17) is 0 Å². The maximum atomic E-state index is 4.50. The highest BCUT2D eigenvalue weighted by Crippen LogP contribution is 2.19. The predicted octanol–water partition coefficient (Wildman–Crippen LogP) is 3.08. The van der Waals surface area contributed by atoms with Crippen molar-refractivity contribution in [2.24, 2.45) is 0 Å². The van der Waals surface area contributed by atoms with Crippen LogP contribution in [0.15, 0.2) is 53.3 Å². The molecule has 0 fully saturated rings. The van der Waals surface area contributed by atoms with Gasteiger partial charge in [0.1, 0.15) is 10.4 Å². The smallest absolute Gasteiger partial charge is 0.136 e. The van der Waals surface area contributed by atoms with E-state index in [-0.39, 0.29) is 0 Å². The molecule has 0 aliphatic heterocycles. The maximum Gasteiger partial charge on any atom is 0.136 e. The van der Waals surface area contributed by atoms with Gasteiger partial charge in [0, 0.05) is 12.6 Å². The molecule has 2 heterocycles. The van der Waals surface area contributed by atoms with Crippen molar-refractivity contribution >= 4 is 21.4 Å². The molecule has 0 aliphatic carbocycles. The van der Waals surface area contributed by atoms with Crippen molar-refractivity contribution in [2.45, 2.75) is 6.42 Å². The summed E-state index contributed by atoms with van der Waals surface area (Å²) in [6.07, 6.45) is 2.56. The lowest BCUT2D eigenvalue weighted by molar-refractivity contribution is 0.841. The van der Waals surface area contributed by atoms with Crippen LogP contribution in [0.2, 0.25) is 0 Å². The Hall–Kier alpha value is -1.68. The molecular formula is C13H10BrN3. The number of hydrogen-bond donors (Lipinski definition) is 0. The number of rotatable bonds is 2. The highest BCUT2D eigenvalue weighted by atomic mass is 79.9. The van der Waals surface area contributed by atoms with E-state index in [1.54, 1.807) is 6.20 Å². The van der Waals surface area contributed by atoms with Crippen molar-refractivity contribution in [1.29, 1.82) is 0 Å². The summed E-state index contributed by atoms with van der Waals surface area (Å²) in [5, 5.41) is 4.32. The van der Waals surface area contributed by atoms with E-state index in [1.807, 2.05) is 34.8 Å². The first kappa shape index (κ1) is 10.5. The topological polar surface area (TPSA) is 30.2 Å². The van der Waals surface area contributed by atoms with Crippen LogP contribution in [0, 0.1) is 0 Å². The average Bonchev–Trinajstić information content (AvgIpc) is 2.69. The van der Waals surface area contributed by atoms with Gasteiger partial charge in [0.15, 0.2) is 0 Å². The van der Waals surface area contributed by atoms with Gasteiger partial charge in [-0.3, -0.25) is 0 Å². The number of aromatic nitrogens is 3. The van der Waals surface area contributed by atoms with Crippen LogP contribution in [-0.2, 0) is 6.42 Å². The van der Waals surface area contributed by atoms with Crippen LogP contribution in [0.4, 0.5) is 0 Å². The van der Waals surface area contributed by atoms with Crippen LogP contribution >= 0.6 is 15.9 Å². The summed E-state index contributed by atoms with van der Waals surface area (Å²) in [6, 6.07) is 14.2. The number of hydrogen-bond acceptors (Lipinski definition) is 2. The number of fused-ring (bicyclic) bond motifs is 1. The van der Waals surface area contributed by atoms with E-state index in [2.05, 4.69) is 38.1 Å². The maximum absolute atomic E-state index is 4.50. The van der Waals surface area contributed by atoms with Gasteiger partial charge in [-0.1, -0.05) is 30.3 Å². The van der Waals surface area contributed by atoms with Crippen molar-refractivity contribution in [3.05, 3.63) is 64.7 Å². The normalized spacial score (nSPS) is 10.9. The summed E-state index contributed by atoms with van der Waals surface area (Å²) >= 11 is 3.46. The van der Waals surface area contributed by atoms with Crippen molar-refractivity contribution in [3.63, 3.8) is 0 Å². The Bertz CT molecular complexity index is 646. The van der Waals surface area contributed by atoms with Crippen molar-refractivity contribution in [2.75, 3.05) is 0 Å². The highest BCUT2D eigenvalue weighted by molar-refractivity contribution is 9.10. The van der Waals surface area contributed by atoms with Gasteiger partial charge in [-0.05, 0) is 33.6 Å². The molecule has 3 nitrogen and oxygen atoms in total. The average molecular weight is 288 g/mol. The van der Waals surface area contributed by atoms with Crippen LogP contribution in [0.5, 0.6) is 0 Å². The van der Waals surface area contributed by atoms with Crippen LogP contribution in [0.25, 0.3) is 5.52 Å². The quantitative estimate of drug-likeness (QED) is 0.725. The number of halogens is 1. The van der Waals surface area contributed by atoms with Crippen LogP contribution in [0.1, 0.15) is 11.4 Å². The molecule has 4 heteroatoms. The summed E-state index contributed by atoms with van der Waals surface area (Å²) < 4.78 is 2.72. The summed E-state index contributed by atoms with van der Waals surface area (Å²) in [5.74, 6) is 0.943. The molecule has 0 amide bonds. The molecule has 0 spiro atoms. The molecule has 17 heavy (non-hydrogen) atoms. The zero-order valence-corrected chi connectivity index (χ0v) is 10.6. The number of imidazole rings is 1. The summed E-state index contributed by atoms with van der Waals surface area (Å²) in [6.45, 7) is 0. The first-order chi connectivity index (χ1) is 8.34. The molecule has 0 unspecified atom stereocenters. The molecule has 0 saturated carbocycles. The van der Waals surface area contributed by atoms with Gasteiger partial charge in [-0.25, -0.2) is 9.50 Å². The third kappa shape index (κ3) is 1.96. The van der Waals surface area contributed by atoms with Gasteiger partial charge in [-0.15, -0.1) is 0 Å². The lowest BCUT2D eigenvalue weighted by atomic mass is 10.1. The Morgan fingerprint density at radius 3 is 2.71 bits per heavy atom. The SMILES string of the molecule is Brc1nc(Cc2ccccc2)n2ncccc12. The van der Waals surface area contributed by atoms with E-state index in [9.17, 15) is 0 Å². The van der Waals surface area contributed by atoms with Gasteiger partial charge in [-0.2, -0.15) is 5.10 Å². The van der Waals surface area contributed by atoms with Crippen molar-refractivity contribution < 1.29 is 0 Å². The van der Waals surface area contributed by atoms with Gasteiger partial charge >= 0.3 is 0 Å². The first-order valence-electron chi connectivity index (χ1n) is 5.36. The zero-order chi connectivity index (χ0) is 11.7. The van der Waals surface area contributed by atoms with Gasteiger partial charge in [0.2, 0.25) is 0 Å². The molecule has 0 bridgehead atoms. The van der Waals surface area contributed by atoms with E-state index in [0.717, 1.165) is 22.4 Å². The molecule has 84 valence electrons. The Kier molecular flexibility index (Phi) is 2.65. The Morgan fingerprint density at radius 1 is 1.06 bits per heavy atom. The minimum Gasteiger partial charge on any atom is -0.223 e. The minimum atomic E-state index is 0.782. The van der Waals surface area contributed by atoms with E-state index in [0.29, 0.717) is 0 Å². The lowest BCUT2D eigenvalue weighted by Crippen LogP contribution is -1.98. The lowest BCUT2D eigenvalue weighted by Gasteiger charge is -1.99. The monoisotopic (exact) mass is 287 g/mol. The molecule has 0 aliphatic rings. The van der Waals surface area contributed by atoms with E-state index in [1.165, 1.54) is 5.56 Å². The third-order valence-corrected chi connectivity index (χ3v) is 3.22. The highest BCUT2D eigenvalue weighted by Gasteiger charge is 2.09. The first-order valence-corrected chi connectivity index (χ1v) is 6.16. The molecule has 0 saturated heterocycles. The second-order valence-electron chi connectivity index (χ2n) is 3.80. The molecule has 0 atom stereocenters. The van der Waals surface area contributed by atoms with E-state index >= 15 is 0 Å². The van der Waals surface area contributed by atoms with Crippen molar-refractivity contribution in [3.8, 4) is 0 Å². The Balaban J connectivity index is 2.07. The summed E-state index contributed by atoms with van der Waals surface area (Å²) in [4.78, 5) is 4.50. The van der Waals surface area contributed by atoms with Crippen LogP contribution in [0.3, 0.4) is 0 Å². The Morgan fingerprint density at radius 2 is 1.88 bits per heavy atom. The number of benzene rings is 1. The number of nitrogens with zero attached hydrogens (tertiary/aromatic N) is 3. The molecule has 0 radical (unpaired) electrons. The largest absolute Gasteiger partial charge is 0.223 e. The second-order valence-corrected chi connectivity index (χ2v) is 4.55. The minimum absolute atomic E-state index is 0.782.